The van der Waals surface area contributed by atoms with Crippen molar-refractivity contribution in [2.45, 2.75) is 18.7 Å². The van der Waals surface area contributed by atoms with Crippen molar-refractivity contribution in [1.82, 2.24) is 0 Å². The molecule has 0 fully saturated rings. The van der Waals surface area contributed by atoms with Crippen LogP contribution in [0.5, 0.6) is 5.75 Å². The summed E-state index contributed by atoms with van der Waals surface area (Å²) in [6.45, 7) is 3.43. The van der Waals surface area contributed by atoms with E-state index in [9.17, 15) is 8.42 Å². The molecule has 0 radical (unpaired) electrons. The lowest BCUT2D eigenvalue weighted by molar-refractivity contribution is 0.475. The number of hydrogen-bond acceptors (Lipinski definition) is 3. The summed E-state index contributed by atoms with van der Waals surface area (Å²) in [5.74, 6) is 0.0482. The second-order valence-electron chi connectivity index (χ2n) is 3.19. The van der Waals surface area contributed by atoms with E-state index in [1.54, 1.807) is 32.1 Å². The smallest absolute Gasteiger partial charge is 0.206 e. The van der Waals surface area contributed by atoms with E-state index in [1.165, 1.54) is 24.3 Å². The highest BCUT2D eigenvalue weighted by molar-refractivity contribution is 7.95. The molecule has 0 aliphatic carbocycles. The second-order valence-corrected chi connectivity index (χ2v) is 5.14. The Morgan fingerprint density at radius 3 is 2.19 bits per heavy atom. The van der Waals surface area contributed by atoms with Crippen LogP contribution in [0.2, 0.25) is 0 Å². The minimum absolute atomic E-state index is 0.0482. The van der Waals surface area contributed by atoms with E-state index in [0.29, 0.717) is 0 Å². The number of phenols is 1. The van der Waals surface area contributed by atoms with E-state index in [2.05, 4.69) is 0 Å². The molecule has 1 aromatic rings. The summed E-state index contributed by atoms with van der Waals surface area (Å²) in [5, 5.41) is 9.10. The molecule has 0 saturated heterocycles. The van der Waals surface area contributed by atoms with Gasteiger partial charge in [-0.3, -0.25) is 0 Å². The Balaban J connectivity index is 3.26. The number of hydrogen-bond donors (Lipinski definition) is 1. The number of benzene rings is 1. The Kier molecular flexibility index (Phi) is 3.90. The molecule has 0 aliphatic heterocycles. The number of rotatable bonds is 3. The molecule has 3 nitrogen and oxygen atoms in total. The molecule has 4 heteroatoms. The van der Waals surface area contributed by atoms with Crippen LogP contribution in [0.4, 0.5) is 0 Å². The van der Waals surface area contributed by atoms with Crippen molar-refractivity contribution in [2.75, 3.05) is 0 Å². The van der Waals surface area contributed by atoms with Gasteiger partial charge in [-0.1, -0.05) is 12.2 Å². The topological polar surface area (TPSA) is 54.4 Å². The molecule has 0 heterocycles. The van der Waals surface area contributed by atoms with Gasteiger partial charge in [0.2, 0.25) is 9.84 Å². The number of allylic oxidation sites excluding steroid dienone is 3. The average molecular weight is 238 g/mol. The molecule has 0 spiro atoms. The highest BCUT2D eigenvalue weighted by atomic mass is 32.2. The molecule has 16 heavy (non-hydrogen) atoms. The van der Waals surface area contributed by atoms with Crippen molar-refractivity contribution in [3.63, 3.8) is 0 Å². The zero-order valence-corrected chi connectivity index (χ0v) is 10.0. The van der Waals surface area contributed by atoms with E-state index < -0.39 is 9.84 Å². The molecule has 0 unspecified atom stereocenters. The van der Waals surface area contributed by atoms with Crippen molar-refractivity contribution in [3.8, 4) is 5.75 Å². The first-order chi connectivity index (χ1) is 7.52. The van der Waals surface area contributed by atoms with Gasteiger partial charge in [-0.25, -0.2) is 8.42 Å². The molecular formula is C12H14O3S. The average Bonchev–Trinajstić information content (AvgIpc) is 2.26. The lowest BCUT2D eigenvalue weighted by Gasteiger charge is -2.04. The van der Waals surface area contributed by atoms with Gasteiger partial charge in [0.1, 0.15) is 5.75 Å². The number of aromatic hydroxyl groups is 1. The molecule has 0 aromatic heterocycles. The van der Waals surface area contributed by atoms with Gasteiger partial charge in [-0.05, 0) is 44.2 Å². The maximum absolute atomic E-state index is 12.1. The van der Waals surface area contributed by atoms with Crippen LogP contribution in [0.1, 0.15) is 13.8 Å². The zero-order chi connectivity index (χ0) is 12.2. The van der Waals surface area contributed by atoms with Gasteiger partial charge >= 0.3 is 0 Å². The summed E-state index contributed by atoms with van der Waals surface area (Å²) >= 11 is 0. The Bertz CT molecular complexity index is 508. The Morgan fingerprint density at radius 1 is 1.19 bits per heavy atom. The fourth-order valence-corrected chi connectivity index (χ4v) is 2.66. The standard InChI is InChI=1S/C12H14O3S/c1-3-5-11(4-2)16(14,15)12-8-6-10(13)7-9-12/h3-9,13H,1-2H3. The van der Waals surface area contributed by atoms with Gasteiger partial charge in [0.25, 0.3) is 0 Å². The first-order valence-electron chi connectivity index (χ1n) is 4.85. The lowest BCUT2D eigenvalue weighted by atomic mass is 10.3. The van der Waals surface area contributed by atoms with E-state index in [0.717, 1.165) is 0 Å². The highest BCUT2D eigenvalue weighted by Crippen LogP contribution is 2.22. The minimum atomic E-state index is -3.47. The van der Waals surface area contributed by atoms with E-state index in [1.807, 2.05) is 0 Å². The molecule has 1 N–H and O–H groups in total. The number of phenolic OH excluding ortho intramolecular Hbond substituents is 1. The van der Waals surface area contributed by atoms with Crippen molar-refractivity contribution in [1.29, 1.82) is 0 Å². The molecule has 0 amide bonds. The molecule has 1 aromatic carbocycles. The van der Waals surface area contributed by atoms with Crippen LogP contribution in [0.15, 0.2) is 52.3 Å². The van der Waals surface area contributed by atoms with E-state index in [-0.39, 0.29) is 15.6 Å². The van der Waals surface area contributed by atoms with Gasteiger partial charge in [-0.2, -0.15) is 0 Å². The van der Waals surface area contributed by atoms with Gasteiger partial charge in [0.05, 0.1) is 9.80 Å². The Labute approximate surface area is 95.7 Å². The summed E-state index contributed by atoms with van der Waals surface area (Å²) in [7, 11) is -3.47. The molecule has 0 atom stereocenters. The third-order valence-corrected chi connectivity index (χ3v) is 3.96. The molecule has 0 bridgehead atoms. The van der Waals surface area contributed by atoms with Crippen LogP contribution in [0, 0.1) is 0 Å². The summed E-state index contributed by atoms with van der Waals surface area (Å²) in [5.41, 5.74) is 0. The van der Waals surface area contributed by atoms with Gasteiger partial charge < -0.3 is 5.11 Å². The van der Waals surface area contributed by atoms with Crippen molar-refractivity contribution >= 4 is 9.84 Å². The highest BCUT2D eigenvalue weighted by Gasteiger charge is 2.17. The van der Waals surface area contributed by atoms with Crippen LogP contribution in [0.25, 0.3) is 0 Å². The van der Waals surface area contributed by atoms with Crippen LogP contribution in [0.3, 0.4) is 0 Å². The Hall–Kier alpha value is -1.55. The minimum Gasteiger partial charge on any atom is -0.508 e. The van der Waals surface area contributed by atoms with Crippen LogP contribution in [-0.2, 0) is 9.84 Å². The van der Waals surface area contributed by atoms with Gasteiger partial charge in [0, 0.05) is 0 Å². The fraction of sp³-hybridized carbons (Fsp3) is 0.167. The van der Waals surface area contributed by atoms with Crippen LogP contribution >= 0.6 is 0 Å². The fourth-order valence-electron chi connectivity index (χ4n) is 1.27. The largest absolute Gasteiger partial charge is 0.508 e. The van der Waals surface area contributed by atoms with Crippen LogP contribution in [-0.4, -0.2) is 13.5 Å². The first kappa shape index (κ1) is 12.5. The lowest BCUT2D eigenvalue weighted by Crippen LogP contribution is -2.02. The quantitative estimate of drug-likeness (QED) is 0.824. The van der Waals surface area contributed by atoms with Crippen LogP contribution < -0.4 is 0 Å². The Morgan fingerprint density at radius 2 is 1.75 bits per heavy atom. The predicted octanol–water partition coefficient (Wildman–Crippen LogP) is 2.65. The van der Waals surface area contributed by atoms with E-state index >= 15 is 0 Å². The van der Waals surface area contributed by atoms with E-state index in [4.69, 9.17) is 5.11 Å². The van der Waals surface area contributed by atoms with Crippen molar-refractivity contribution in [3.05, 3.63) is 47.4 Å². The van der Waals surface area contributed by atoms with Crippen molar-refractivity contribution in [2.24, 2.45) is 0 Å². The maximum atomic E-state index is 12.1. The monoisotopic (exact) mass is 238 g/mol. The maximum Gasteiger partial charge on any atom is 0.206 e. The molecular weight excluding hydrogens is 224 g/mol. The predicted molar refractivity (Wildman–Crippen MR) is 63.9 cm³/mol. The molecule has 0 aliphatic rings. The third-order valence-electron chi connectivity index (χ3n) is 2.07. The number of sulfone groups is 1. The zero-order valence-electron chi connectivity index (χ0n) is 9.21. The normalized spacial score (nSPS) is 13.2. The molecule has 0 saturated carbocycles. The van der Waals surface area contributed by atoms with Gasteiger partial charge in [0.15, 0.2) is 0 Å². The molecule has 1 rings (SSSR count). The second kappa shape index (κ2) is 4.99. The summed E-state index contributed by atoms with van der Waals surface area (Å²) < 4.78 is 24.1. The van der Waals surface area contributed by atoms with Crippen molar-refractivity contribution < 1.29 is 13.5 Å². The summed E-state index contributed by atoms with van der Waals surface area (Å²) in [6.07, 6.45) is 4.76. The summed E-state index contributed by atoms with van der Waals surface area (Å²) in [6, 6.07) is 5.49. The summed E-state index contributed by atoms with van der Waals surface area (Å²) in [4.78, 5) is 0.428. The molecule has 86 valence electrons. The SMILES string of the molecule is CC=CC(=CC)S(=O)(=O)c1ccc(O)cc1. The van der Waals surface area contributed by atoms with Gasteiger partial charge in [-0.15, -0.1) is 0 Å². The first-order valence-corrected chi connectivity index (χ1v) is 6.34. The third kappa shape index (κ3) is 2.52.